The molecule has 3 nitrogen and oxygen atoms in total. The van der Waals surface area contributed by atoms with Crippen molar-refractivity contribution in [1.82, 2.24) is 9.47 Å². The van der Waals surface area contributed by atoms with Gasteiger partial charge in [0, 0.05) is 31.4 Å². The standard InChI is InChI=1S/C18H22N2O/c21-18(15-19-11-6-7-12-19)20-13-5-4-10-17(14-20)16-8-2-1-3-9-16/h1-3,6-9,11-12,17H,4-5,10,13-15H2/t17-/m0/s1. The van der Waals surface area contributed by atoms with Crippen LogP contribution in [0.1, 0.15) is 30.7 Å². The maximum absolute atomic E-state index is 12.5. The Kier molecular flexibility index (Phi) is 4.39. The molecule has 0 aliphatic carbocycles. The topological polar surface area (TPSA) is 25.2 Å². The molecule has 0 radical (unpaired) electrons. The van der Waals surface area contributed by atoms with Gasteiger partial charge in [0.15, 0.2) is 0 Å². The van der Waals surface area contributed by atoms with E-state index in [2.05, 4.69) is 30.3 Å². The minimum absolute atomic E-state index is 0.231. The molecule has 3 heteroatoms. The van der Waals surface area contributed by atoms with Crippen LogP contribution < -0.4 is 0 Å². The zero-order valence-corrected chi connectivity index (χ0v) is 12.3. The van der Waals surface area contributed by atoms with Gasteiger partial charge in [-0.1, -0.05) is 36.8 Å². The van der Waals surface area contributed by atoms with E-state index in [1.165, 1.54) is 18.4 Å². The molecule has 1 saturated heterocycles. The zero-order valence-electron chi connectivity index (χ0n) is 12.3. The molecule has 110 valence electrons. The molecule has 1 aromatic heterocycles. The Bertz CT molecular complexity index is 562. The first kappa shape index (κ1) is 13.9. The quantitative estimate of drug-likeness (QED) is 0.848. The molecule has 1 aliphatic rings. The predicted octanol–water partition coefficient (Wildman–Crippen LogP) is 3.28. The minimum Gasteiger partial charge on any atom is -0.345 e. The molecule has 0 bridgehead atoms. The van der Waals surface area contributed by atoms with E-state index in [9.17, 15) is 4.79 Å². The van der Waals surface area contributed by atoms with Crippen molar-refractivity contribution in [1.29, 1.82) is 0 Å². The first-order valence-corrected chi connectivity index (χ1v) is 7.76. The Labute approximate surface area is 126 Å². The van der Waals surface area contributed by atoms with Gasteiger partial charge >= 0.3 is 0 Å². The van der Waals surface area contributed by atoms with Crippen molar-refractivity contribution >= 4 is 5.91 Å². The van der Waals surface area contributed by atoms with Crippen LogP contribution in [0, 0.1) is 0 Å². The summed E-state index contributed by atoms with van der Waals surface area (Å²) in [7, 11) is 0. The van der Waals surface area contributed by atoms with Crippen molar-refractivity contribution < 1.29 is 4.79 Å². The molecule has 0 saturated carbocycles. The lowest BCUT2D eigenvalue weighted by Crippen LogP contribution is -2.36. The van der Waals surface area contributed by atoms with Gasteiger partial charge in [0.05, 0.1) is 0 Å². The molecule has 1 amide bonds. The van der Waals surface area contributed by atoms with Gasteiger partial charge in [-0.3, -0.25) is 4.79 Å². The molecule has 2 aromatic rings. The summed E-state index contributed by atoms with van der Waals surface area (Å²) >= 11 is 0. The molecular formula is C18H22N2O. The third-order valence-electron chi connectivity index (χ3n) is 4.28. The van der Waals surface area contributed by atoms with Crippen LogP contribution in [-0.2, 0) is 11.3 Å². The number of carbonyl (C=O) groups is 1. The molecule has 1 atom stereocenters. The Balaban J connectivity index is 1.68. The van der Waals surface area contributed by atoms with Crippen molar-refractivity contribution in [2.45, 2.75) is 31.7 Å². The fourth-order valence-corrected chi connectivity index (χ4v) is 3.10. The summed E-state index contributed by atoms with van der Waals surface area (Å²) in [5.41, 5.74) is 1.36. The molecular weight excluding hydrogens is 260 g/mol. The number of rotatable bonds is 3. The molecule has 1 fully saturated rings. The normalized spacial score (nSPS) is 19.2. The second kappa shape index (κ2) is 6.61. The number of amides is 1. The first-order chi connectivity index (χ1) is 10.3. The molecule has 0 spiro atoms. The van der Waals surface area contributed by atoms with E-state index in [1.807, 2.05) is 34.0 Å². The van der Waals surface area contributed by atoms with Gasteiger partial charge in [-0.15, -0.1) is 0 Å². The summed E-state index contributed by atoms with van der Waals surface area (Å²) in [6, 6.07) is 14.5. The van der Waals surface area contributed by atoms with Crippen LogP contribution in [0.3, 0.4) is 0 Å². The Morgan fingerprint density at radius 3 is 2.57 bits per heavy atom. The number of nitrogens with zero attached hydrogens (tertiary/aromatic N) is 2. The van der Waals surface area contributed by atoms with Gasteiger partial charge in [0.1, 0.15) is 6.54 Å². The Morgan fingerprint density at radius 1 is 1.05 bits per heavy atom. The van der Waals surface area contributed by atoms with E-state index in [0.29, 0.717) is 12.5 Å². The average molecular weight is 282 g/mol. The minimum atomic E-state index is 0.231. The van der Waals surface area contributed by atoms with E-state index in [-0.39, 0.29) is 5.91 Å². The van der Waals surface area contributed by atoms with Crippen molar-refractivity contribution in [3.63, 3.8) is 0 Å². The van der Waals surface area contributed by atoms with Gasteiger partial charge in [0.25, 0.3) is 0 Å². The Morgan fingerprint density at radius 2 is 1.81 bits per heavy atom. The first-order valence-electron chi connectivity index (χ1n) is 7.76. The number of hydrogen-bond donors (Lipinski definition) is 0. The van der Waals surface area contributed by atoms with Gasteiger partial charge in [-0.25, -0.2) is 0 Å². The summed E-state index contributed by atoms with van der Waals surface area (Å²) in [5, 5.41) is 0. The molecule has 2 heterocycles. The lowest BCUT2D eigenvalue weighted by molar-refractivity contribution is -0.131. The summed E-state index contributed by atoms with van der Waals surface area (Å²) in [5.74, 6) is 0.705. The highest BCUT2D eigenvalue weighted by Crippen LogP contribution is 2.26. The van der Waals surface area contributed by atoms with Crippen LogP contribution in [-0.4, -0.2) is 28.5 Å². The third-order valence-corrected chi connectivity index (χ3v) is 4.28. The van der Waals surface area contributed by atoms with Gasteiger partial charge in [-0.2, -0.15) is 0 Å². The second-order valence-corrected chi connectivity index (χ2v) is 5.80. The number of benzene rings is 1. The smallest absolute Gasteiger partial charge is 0.242 e. The van der Waals surface area contributed by atoms with Crippen LogP contribution in [0.4, 0.5) is 0 Å². The fourth-order valence-electron chi connectivity index (χ4n) is 3.10. The van der Waals surface area contributed by atoms with E-state index >= 15 is 0 Å². The van der Waals surface area contributed by atoms with Crippen molar-refractivity contribution in [3.8, 4) is 0 Å². The van der Waals surface area contributed by atoms with Crippen LogP contribution in [0.25, 0.3) is 0 Å². The average Bonchev–Trinajstić information content (AvgIpc) is 2.89. The van der Waals surface area contributed by atoms with Crippen molar-refractivity contribution in [3.05, 3.63) is 60.4 Å². The maximum Gasteiger partial charge on any atom is 0.242 e. The van der Waals surface area contributed by atoms with Gasteiger partial charge in [0.2, 0.25) is 5.91 Å². The highest BCUT2D eigenvalue weighted by Gasteiger charge is 2.22. The summed E-state index contributed by atoms with van der Waals surface area (Å²) < 4.78 is 1.95. The molecule has 21 heavy (non-hydrogen) atoms. The van der Waals surface area contributed by atoms with E-state index in [0.717, 1.165) is 19.5 Å². The van der Waals surface area contributed by atoms with Crippen LogP contribution in [0.5, 0.6) is 0 Å². The number of carbonyl (C=O) groups excluding carboxylic acids is 1. The van der Waals surface area contributed by atoms with Crippen molar-refractivity contribution in [2.75, 3.05) is 13.1 Å². The van der Waals surface area contributed by atoms with E-state index in [4.69, 9.17) is 0 Å². The number of aromatic nitrogens is 1. The van der Waals surface area contributed by atoms with Crippen LogP contribution in [0.15, 0.2) is 54.9 Å². The highest BCUT2D eigenvalue weighted by atomic mass is 16.2. The monoisotopic (exact) mass is 282 g/mol. The largest absolute Gasteiger partial charge is 0.345 e. The zero-order chi connectivity index (χ0) is 14.5. The molecule has 0 N–H and O–H groups in total. The third kappa shape index (κ3) is 3.54. The molecule has 1 aromatic carbocycles. The fraction of sp³-hybridized carbons (Fsp3) is 0.389. The summed E-state index contributed by atoms with van der Waals surface area (Å²) in [6.07, 6.45) is 7.39. The highest BCUT2D eigenvalue weighted by molar-refractivity contribution is 5.76. The second-order valence-electron chi connectivity index (χ2n) is 5.80. The molecule has 0 unspecified atom stereocenters. The van der Waals surface area contributed by atoms with Gasteiger partial charge < -0.3 is 9.47 Å². The maximum atomic E-state index is 12.5. The summed E-state index contributed by atoms with van der Waals surface area (Å²) in [4.78, 5) is 14.5. The lowest BCUT2D eigenvalue weighted by Gasteiger charge is -2.25. The Hall–Kier alpha value is -2.03. The molecule has 1 aliphatic heterocycles. The lowest BCUT2D eigenvalue weighted by atomic mass is 9.94. The number of hydrogen-bond acceptors (Lipinski definition) is 1. The van der Waals surface area contributed by atoms with E-state index in [1.54, 1.807) is 0 Å². The van der Waals surface area contributed by atoms with Crippen LogP contribution >= 0.6 is 0 Å². The summed E-state index contributed by atoms with van der Waals surface area (Å²) in [6.45, 7) is 2.20. The van der Waals surface area contributed by atoms with Gasteiger partial charge in [-0.05, 0) is 30.5 Å². The number of likely N-dealkylation sites (tertiary alicyclic amines) is 1. The van der Waals surface area contributed by atoms with Crippen molar-refractivity contribution in [2.24, 2.45) is 0 Å². The molecule has 3 rings (SSSR count). The predicted molar refractivity (Wildman–Crippen MR) is 84.0 cm³/mol. The van der Waals surface area contributed by atoms with E-state index < -0.39 is 0 Å². The van der Waals surface area contributed by atoms with Crippen LogP contribution in [0.2, 0.25) is 0 Å². The SMILES string of the molecule is O=C(Cn1cccc1)N1CCCC[C@H](c2ccccc2)C1.